The highest BCUT2D eigenvalue weighted by Crippen LogP contribution is 2.17. The summed E-state index contributed by atoms with van der Waals surface area (Å²) in [7, 11) is 6.88. The third-order valence-electron chi connectivity index (χ3n) is 3.39. The fourth-order valence-corrected chi connectivity index (χ4v) is 2.24. The van der Waals surface area contributed by atoms with Crippen molar-refractivity contribution in [2.75, 3.05) is 26.5 Å². The van der Waals surface area contributed by atoms with Gasteiger partial charge in [-0.05, 0) is 25.2 Å². The van der Waals surface area contributed by atoms with E-state index in [2.05, 4.69) is 15.7 Å². The molecule has 2 amide bonds. The van der Waals surface area contributed by atoms with E-state index < -0.39 is 6.04 Å². The molecule has 23 heavy (non-hydrogen) atoms. The minimum Gasteiger partial charge on any atom is -0.345 e. The lowest BCUT2D eigenvalue weighted by Gasteiger charge is -2.15. The lowest BCUT2D eigenvalue weighted by Crippen LogP contribution is -2.30. The van der Waals surface area contributed by atoms with Crippen LogP contribution in [0.3, 0.4) is 0 Å². The molecule has 7 heteroatoms. The first kappa shape index (κ1) is 16.7. The normalized spacial score (nSPS) is 11.8. The van der Waals surface area contributed by atoms with Crippen LogP contribution in [0, 0.1) is 0 Å². The van der Waals surface area contributed by atoms with Crippen molar-refractivity contribution in [2.24, 2.45) is 7.05 Å². The van der Waals surface area contributed by atoms with E-state index >= 15 is 0 Å². The van der Waals surface area contributed by atoms with Crippen LogP contribution < -0.4 is 10.6 Å². The predicted molar refractivity (Wildman–Crippen MR) is 88.1 cm³/mol. The summed E-state index contributed by atoms with van der Waals surface area (Å²) >= 11 is 0. The van der Waals surface area contributed by atoms with Crippen LogP contribution in [0.25, 0.3) is 0 Å². The fourth-order valence-electron chi connectivity index (χ4n) is 2.24. The summed E-state index contributed by atoms with van der Waals surface area (Å²) in [6.07, 6.45) is 3.43. The molecule has 0 fully saturated rings. The van der Waals surface area contributed by atoms with Gasteiger partial charge in [-0.1, -0.05) is 6.07 Å². The van der Waals surface area contributed by atoms with Gasteiger partial charge in [-0.2, -0.15) is 5.10 Å². The van der Waals surface area contributed by atoms with E-state index in [0.717, 1.165) is 5.56 Å². The van der Waals surface area contributed by atoms with Gasteiger partial charge in [0.25, 0.3) is 5.91 Å². The molecule has 122 valence electrons. The van der Waals surface area contributed by atoms with E-state index in [-0.39, 0.29) is 11.8 Å². The summed E-state index contributed by atoms with van der Waals surface area (Å²) < 4.78 is 1.64. The Labute approximate surface area is 135 Å². The van der Waals surface area contributed by atoms with Crippen LogP contribution in [-0.2, 0) is 11.8 Å². The topological polar surface area (TPSA) is 79.3 Å². The van der Waals surface area contributed by atoms with E-state index in [9.17, 15) is 9.59 Å². The SMILES string of the molecule is CNC(C(=O)Nc1cccc(C(=O)N(C)C)c1)c1cnn(C)c1. The Balaban J connectivity index is 2.16. The molecule has 0 spiro atoms. The van der Waals surface area contributed by atoms with Gasteiger partial charge >= 0.3 is 0 Å². The number of carbonyl (C=O) groups excluding carboxylic acids is 2. The van der Waals surface area contributed by atoms with Crippen molar-refractivity contribution in [1.29, 1.82) is 0 Å². The first-order valence-corrected chi connectivity index (χ1v) is 7.20. The maximum absolute atomic E-state index is 12.5. The molecule has 0 radical (unpaired) electrons. The van der Waals surface area contributed by atoms with Gasteiger partial charge in [0.2, 0.25) is 5.91 Å². The largest absolute Gasteiger partial charge is 0.345 e. The van der Waals surface area contributed by atoms with Crippen LogP contribution in [0.1, 0.15) is 22.0 Å². The second-order valence-electron chi connectivity index (χ2n) is 5.44. The van der Waals surface area contributed by atoms with Crippen molar-refractivity contribution in [2.45, 2.75) is 6.04 Å². The summed E-state index contributed by atoms with van der Waals surface area (Å²) in [5.41, 5.74) is 1.87. The molecule has 7 nitrogen and oxygen atoms in total. The molecule has 2 rings (SSSR count). The van der Waals surface area contributed by atoms with Crippen molar-refractivity contribution < 1.29 is 9.59 Å². The zero-order valence-electron chi connectivity index (χ0n) is 13.7. The Kier molecular flexibility index (Phi) is 5.13. The van der Waals surface area contributed by atoms with Crippen molar-refractivity contribution in [1.82, 2.24) is 20.0 Å². The third-order valence-corrected chi connectivity index (χ3v) is 3.39. The lowest BCUT2D eigenvalue weighted by molar-refractivity contribution is -0.118. The average Bonchev–Trinajstić information content (AvgIpc) is 2.93. The van der Waals surface area contributed by atoms with Crippen molar-refractivity contribution >= 4 is 17.5 Å². The predicted octanol–water partition coefficient (Wildman–Crippen LogP) is 1.02. The maximum Gasteiger partial charge on any atom is 0.253 e. The smallest absolute Gasteiger partial charge is 0.253 e. The number of rotatable bonds is 5. The minimum atomic E-state index is -0.517. The monoisotopic (exact) mass is 315 g/mol. The highest BCUT2D eigenvalue weighted by atomic mass is 16.2. The van der Waals surface area contributed by atoms with Gasteiger partial charge in [-0.3, -0.25) is 14.3 Å². The van der Waals surface area contributed by atoms with Crippen LogP contribution in [0.15, 0.2) is 36.7 Å². The first-order valence-electron chi connectivity index (χ1n) is 7.20. The minimum absolute atomic E-state index is 0.112. The molecule has 0 aliphatic carbocycles. The average molecular weight is 315 g/mol. The van der Waals surface area contributed by atoms with E-state index in [1.807, 2.05) is 0 Å². The summed E-state index contributed by atoms with van der Waals surface area (Å²) in [6, 6.07) is 6.35. The van der Waals surface area contributed by atoms with Crippen LogP contribution in [-0.4, -0.2) is 47.6 Å². The number of aryl methyl sites for hydroxylation is 1. The third kappa shape index (κ3) is 3.95. The van der Waals surface area contributed by atoms with Gasteiger partial charge in [0.15, 0.2) is 0 Å². The quantitative estimate of drug-likeness (QED) is 0.863. The second-order valence-corrected chi connectivity index (χ2v) is 5.44. The lowest BCUT2D eigenvalue weighted by atomic mass is 10.1. The number of hydrogen-bond acceptors (Lipinski definition) is 4. The Hall–Kier alpha value is -2.67. The number of amides is 2. The van der Waals surface area contributed by atoms with Gasteiger partial charge in [-0.25, -0.2) is 0 Å². The second kappa shape index (κ2) is 7.06. The number of nitrogens with zero attached hydrogens (tertiary/aromatic N) is 3. The van der Waals surface area contributed by atoms with Crippen molar-refractivity contribution in [3.8, 4) is 0 Å². The molecule has 0 bridgehead atoms. The number of nitrogens with one attached hydrogen (secondary N) is 2. The molecular weight excluding hydrogens is 294 g/mol. The van der Waals surface area contributed by atoms with Crippen molar-refractivity contribution in [3.63, 3.8) is 0 Å². The Morgan fingerprint density at radius 3 is 2.61 bits per heavy atom. The summed E-state index contributed by atoms with van der Waals surface area (Å²) in [4.78, 5) is 25.9. The Morgan fingerprint density at radius 1 is 1.30 bits per heavy atom. The first-order chi connectivity index (χ1) is 10.9. The fraction of sp³-hybridized carbons (Fsp3) is 0.312. The van der Waals surface area contributed by atoms with Gasteiger partial charge in [0.1, 0.15) is 6.04 Å². The number of likely N-dealkylation sites (N-methyl/N-ethyl adjacent to an activating group) is 1. The van der Waals surface area contributed by atoms with Gasteiger partial charge in [-0.15, -0.1) is 0 Å². The molecule has 0 saturated carbocycles. The molecule has 1 unspecified atom stereocenters. The Bertz CT molecular complexity index is 708. The maximum atomic E-state index is 12.5. The molecule has 1 atom stereocenters. The van der Waals surface area contributed by atoms with Crippen molar-refractivity contribution in [3.05, 3.63) is 47.8 Å². The van der Waals surface area contributed by atoms with E-state index in [1.165, 1.54) is 4.90 Å². The molecule has 0 saturated heterocycles. The molecule has 2 N–H and O–H groups in total. The van der Waals surface area contributed by atoms with Crippen LogP contribution >= 0.6 is 0 Å². The molecular formula is C16H21N5O2. The number of benzene rings is 1. The number of carbonyl (C=O) groups is 2. The zero-order chi connectivity index (χ0) is 17.0. The highest BCUT2D eigenvalue weighted by molar-refractivity contribution is 5.98. The van der Waals surface area contributed by atoms with Gasteiger partial charge < -0.3 is 15.5 Å². The number of anilines is 1. The molecule has 1 aromatic heterocycles. The molecule has 0 aliphatic rings. The molecule has 0 aliphatic heterocycles. The van der Waals surface area contributed by atoms with Crippen LogP contribution in [0.4, 0.5) is 5.69 Å². The zero-order valence-corrected chi connectivity index (χ0v) is 13.7. The molecule has 1 heterocycles. The van der Waals surface area contributed by atoms with Gasteiger partial charge in [0, 0.05) is 44.2 Å². The number of hydrogen-bond donors (Lipinski definition) is 2. The van der Waals surface area contributed by atoms with E-state index in [0.29, 0.717) is 11.3 Å². The Morgan fingerprint density at radius 2 is 2.04 bits per heavy atom. The molecule has 2 aromatic rings. The number of aromatic nitrogens is 2. The van der Waals surface area contributed by atoms with Crippen LogP contribution in [0.5, 0.6) is 0 Å². The molecule has 1 aromatic carbocycles. The summed E-state index contributed by atoms with van der Waals surface area (Å²) in [5.74, 6) is -0.325. The standard InChI is InChI=1S/C16H21N5O2/c1-17-14(12-9-18-21(4)10-12)15(22)19-13-7-5-6-11(8-13)16(23)20(2)3/h5-10,14,17H,1-4H3,(H,19,22). The van der Waals surface area contributed by atoms with Gasteiger partial charge in [0.05, 0.1) is 6.20 Å². The van der Waals surface area contributed by atoms with E-state index in [1.54, 1.807) is 69.5 Å². The van der Waals surface area contributed by atoms with Crippen LogP contribution in [0.2, 0.25) is 0 Å². The highest BCUT2D eigenvalue weighted by Gasteiger charge is 2.20. The summed E-state index contributed by atoms with van der Waals surface area (Å²) in [5, 5.41) is 9.87. The van der Waals surface area contributed by atoms with E-state index in [4.69, 9.17) is 0 Å². The summed E-state index contributed by atoms with van der Waals surface area (Å²) in [6.45, 7) is 0.